The lowest BCUT2D eigenvalue weighted by molar-refractivity contribution is 0.105. The number of hydrogen-bond acceptors (Lipinski definition) is 1. The van der Waals surface area contributed by atoms with Gasteiger partial charge in [0.25, 0.3) is 0 Å². The Morgan fingerprint density at radius 1 is 1.38 bits per heavy atom. The van der Waals surface area contributed by atoms with Gasteiger partial charge in [0.2, 0.25) is 0 Å². The Bertz CT molecular complexity index is 374. The molecule has 2 rings (SSSR count). The third kappa shape index (κ3) is 2.71. The van der Waals surface area contributed by atoms with Crippen molar-refractivity contribution in [2.45, 2.75) is 32.3 Å². The molecule has 16 heavy (non-hydrogen) atoms. The van der Waals surface area contributed by atoms with Crippen LogP contribution < -0.4 is 0 Å². The Hall–Kier alpha value is -0.240. The molecular formula is C13H16Cl2O. The normalized spacial score (nSPS) is 19.5. The molecule has 0 aromatic heterocycles. The third-order valence-electron chi connectivity index (χ3n) is 3.43. The van der Waals surface area contributed by atoms with Gasteiger partial charge in [0.05, 0.1) is 16.1 Å². The minimum absolute atomic E-state index is 0.316. The van der Waals surface area contributed by atoms with Gasteiger partial charge in [0.15, 0.2) is 0 Å². The minimum atomic E-state index is -0.316. The molecule has 0 saturated heterocycles. The van der Waals surface area contributed by atoms with E-state index in [1.54, 1.807) is 6.07 Å². The van der Waals surface area contributed by atoms with Crippen LogP contribution in [0, 0.1) is 11.8 Å². The summed E-state index contributed by atoms with van der Waals surface area (Å²) in [4.78, 5) is 0. The first kappa shape index (κ1) is 12.2. The summed E-state index contributed by atoms with van der Waals surface area (Å²) in [5, 5.41) is 11.2. The Labute approximate surface area is 106 Å². The summed E-state index contributed by atoms with van der Waals surface area (Å²) >= 11 is 12.0. The fourth-order valence-electron chi connectivity index (χ4n) is 2.05. The number of rotatable bonds is 4. The molecule has 1 aromatic carbocycles. The predicted molar refractivity (Wildman–Crippen MR) is 68.1 cm³/mol. The van der Waals surface area contributed by atoms with E-state index in [1.165, 1.54) is 12.8 Å². The average Bonchev–Trinajstić information content (AvgIpc) is 3.07. The lowest BCUT2D eigenvalue weighted by Crippen LogP contribution is -2.22. The fraction of sp³-hybridized carbons (Fsp3) is 0.538. The highest BCUT2D eigenvalue weighted by atomic mass is 35.5. The third-order valence-corrected chi connectivity index (χ3v) is 4.29. The van der Waals surface area contributed by atoms with E-state index in [2.05, 4.69) is 6.92 Å². The Balaban J connectivity index is 2.05. The lowest BCUT2D eigenvalue weighted by Gasteiger charge is -2.19. The van der Waals surface area contributed by atoms with E-state index in [0.29, 0.717) is 28.3 Å². The smallest absolute Gasteiger partial charge is 0.0625 e. The highest BCUT2D eigenvalue weighted by molar-refractivity contribution is 6.42. The topological polar surface area (TPSA) is 20.2 Å². The second-order valence-corrected chi connectivity index (χ2v) is 5.47. The SMILES string of the molecule is CC(C(O)Cc1cccc(Cl)c1Cl)C1CC1. The lowest BCUT2D eigenvalue weighted by atomic mass is 9.94. The number of aliphatic hydroxyl groups excluding tert-OH is 1. The molecule has 1 nitrogen and oxygen atoms in total. The minimum Gasteiger partial charge on any atom is -0.392 e. The molecule has 1 aliphatic rings. The van der Waals surface area contributed by atoms with Crippen LogP contribution in [0.15, 0.2) is 18.2 Å². The highest BCUT2D eigenvalue weighted by Gasteiger charge is 2.32. The molecule has 2 unspecified atom stereocenters. The molecule has 3 heteroatoms. The Morgan fingerprint density at radius 3 is 2.69 bits per heavy atom. The molecule has 1 aromatic rings. The second-order valence-electron chi connectivity index (χ2n) is 4.68. The monoisotopic (exact) mass is 258 g/mol. The molecule has 0 aliphatic heterocycles. The van der Waals surface area contributed by atoms with E-state index in [4.69, 9.17) is 23.2 Å². The summed E-state index contributed by atoms with van der Waals surface area (Å²) in [6, 6.07) is 5.57. The van der Waals surface area contributed by atoms with Crippen LogP contribution in [0.2, 0.25) is 10.0 Å². The van der Waals surface area contributed by atoms with Gasteiger partial charge >= 0.3 is 0 Å². The molecule has 0 bridgehead atoms. The van der Waals surface area contributed by atoms with Gasteiger partial charge in [-0.3, -0.25) is 0 Å². The van der Waals surface area contributed by atoms with Crippen LogP contribution in [0.3, 0.4) is 0 Å². The van der Waals surface area contributed by atoms with Crippen molar-refractivity contribution in [1.29, 1.82) is 0 Å². The molecule has 0 spiro atoms. The van der Waals surface area contributed by atoms with E-state index in [1.807, 2.05) is 12.1 Å². The summed E-state index contributed by atoms with van der Waals surface area (Å²) in [5.41, 5.74) is 0.939. The molecule has 1 aliphatic carbocycles. The van der Waals surface area contributed by atoms with Crippen molar-refractivity contribution in [3.63, 3.8) is 0 Å². The molecule has 0 radical (unpaired) electrons. The summed E-state index contributed by atoms with van der Waals surface area (Å²) in [6.45, 7) is 2.11. The zero-order valence-corrected chi connectivity index (χ0v) is 10.8. The predicted octanol–water partition coefficient (Wildman–Crippen LogP) is 3.94. The first-order valence-electron chi connectivity index (χ1n) is 5.70. The Morgan fingerprint density at radius 2 is 2.06 bits per heavy atom. The van der Waals surface area contributed by atoms with Gasteiger partial charge in [-0.15, -0.1) is 0 Å². The second kappa shape index (κ2) is 4.95. The molecule has 1 fully saturated rings. The quantitative estimate of drug-likeness (QED) is 0.868. The van der Waals surface area contributed by atoms with Gasteiger partial charge in [-0.05, 0) is 36.3 Å². The maximum absolute atomic E-state index is 10.1. The number of halogens is 2. The van der Waals surface area contributed by atoms with Crippen LogP contribution in [-0.4, -0.2) is 11.2 Å². The fourth-order valence-corrected chi connectivity index (χ4v) is 2.45. The van der Waals surface area contributed by atoms with E-state index in [-0.39, 0.29) is 6.10 Å². The zero-order valence-electron chi connectivity index (χ0n) is 9.29. The van der Waals surface area contributed by atoms with Crippen LogP contribution in [-0.2, 0) is 6.42 Å². The molecule has 88 valence electrons. The first-order chi connectivity index (χ1) is 7.59. The van der Waals surface area contributed by atoms with Gasteiger partial charge in [0, 0.05) is 6.42 Å². The van der Waals surface area contributed by atoms with Crippen molar-refractivity contribution in [2.24, 2.45) is 11.8 Å². The summed E-state index contributed by atoms with van der Waals surface area (Å²) in [5.74, 6) is 1.06. The van der Waals surface area contributed by atoms with Crippen molar-refractivity contribution in [1.82, 2.24) is 0 Å². The van der Waals surface area contributed by atoms with E-state index in [0.717, 1.165) is 5.56 Å². The number of benzene rings is 1. The summed E-state index contributed by atoms with van der Waals surface area (Å²) < 4.78 is 0. The van der Waals surface area contributed by atoms with Crippen molar-refractivity contribution in [3.8, 4) is 0 Å². The number of aliphatic hydroxyl groups is 1. The van der Waals surface area contributed by atoms with Gasteiger partial charge in [-0.1, -0.05) is 42.3 Å². The van der Waals surface area contributed by atoms with Crippen molar-refractivity contribution in [3.05, 3.63) is 33.8 Å². The highest BCUT2D eigenvalue weighted by Crippen LogP contribution is 2.39. The molecule has 1 saturated carbocycles. The van der Waals surface area contributed by atoms with Crippen molar-refractivity contribution < 1.29 is 5.11 Å². The van der Waals surface area contributed by atoms with Crippen LogP contribution in [0.4, 0.5) is 0 Å². The van der Waals surface area contributed by atoms with Crippen LogP contribution in [0.5, 0.6) is 0 Å². The van der Waals surface area contributed by atoms with Gasteiger partial charge in [-0.25, -0.2) is 0 Å². The van der Waals surface area contributed by atoms with Crippen LogP contribution in [0.25, 0.3) is 0 Å². The zero-order chi connectivity index (χ0) is 11.7. The van der Waals surface area contributed by atoms with Crippen LogP contribution in [0.1, 0.15) is 25.3 Å². The molecule has 0 amide bonds. The average molecular weight is 259 g/mol. The Kier molecular flexibility index (Phi) is 3.78. The number of hydrogen-bond donors (Lipinski definition) is 1. The largest absolute Gasteiger partial charge is 0.392 e. The maximum Gasteiger partial charge on any atom is 0.0625 e. The van der Waals surface area contributed by atoms with Crippen molar-refractivity contribution in [2.75, 3.05) is 0 Å². The van der Waals surface area contributed by atoms with Crippen LogP contribution >= 0.6 is 23.2 Å². The molecule has 0 heterocycles. The van der Waals surface area contributed by atoms with Gasteiger partial charge in [0.1, 0.15) is 0 Å². The van der Waals surface area contributed by atoms with E-state index in [9.17, 15) is 5.11 Å². The molecule has 1 N–H and O–H groups in total. The standard InChI is InChI=1S/C13H16Cl2O/c1-8(9-5-6-9)12(16)7-10-3-2-4-11(14)13(10)15/h2-4,8-9,12,16H,5-7H2,1H3. The molecule has 2 atom stereocenters. The first-order valence-corrected chi connectivity index (χ1v) is 6.46. The maximum atomic E-state index is 10.1. The summed E-state index contributed by atoms with van der Waals surface area (Å²) in [7, 11) is 0. The van der Waals surface area contributed by atoms with E-state index >= 15 is 0 Å². The van der Waals surface area contributed by atoms with Gasteiger partial charge < -0.3 is 5.11 Å². The van der Waals surface area contributed by atoms with Gasteiger partial charge in [-0.2, -0.15) is 0 Å². The van der Waals surface area contributed by atoms with Crippen molar-refractivity contribution >= 4 is 23.2 Å². The summed E-state index contributed by atoms with van der Waals surface area (Å²) in [6.07, 6.45) is 2.78. The van der Waals surface area contributed by atoms with E-state index < -0.39 is 0 Å². The molecular weight excluding hydrogens is 243 g/mol.